The van der Waals surface area contributed by atoms with Crippen molar-refractivity contribution in [2.75, 3.05) is 18.0 Å². The fraction of sp³-hybridized carbons (Fsp3) is 0.625. The minimum Gasteiger partial charge on any atom is -0.382 e. The number of nitrogen functional groups attached to an aromatic ring is 1. The smallest absolute Gasteiger partial charge is 0.141 e. The first-order valence-electron chi connectivity index (χ1n) is 7.74. The van der Waals surface area contributed by atoms with E-state index in [1.807, 2.05) is 18.3 Å². The third kappa shape index (κ3) is 2.65. The number of pyridine rings is 1. The summed E-state index contributed by atoms with van der Waals surface area (Å²) in [7, 11) is 0. The van der Waals surface area contributed by atoms with Gasteiger partial charge >= 0.3 is 0 Å². The van der Waals surface area contributed by atoms with Crippen LogP contribution in [0, 0.1) is 10.8 Å². The van der Waals surface area contributed by atoms with Crippen molar-refractivity contribution in [3.05, 3.63) is 24.0 Å². The maximum Gasteiger partial charge on any atom is 0.141 e. The number of rotatable bonds is 2. The molecule has 3 rings (SSSR count). The molecule has 0 atom stereocenters. The maximum atomic E-state index is 7.38. The van der Waals surface area contributed by atoms with Crippen LogP contribution in [0.15, 0.2) is 18.3 Å². The lowest BCUT2D eigenvalue weighted by atomic mass is 9.68. The summed E-state index contributed by atoms with van der Waals surface area (Å²) in [5.41, 5.74) is 7.81. The number of nitrogens with two attached hydrogens (primary N) is 1. The van der Waals surface area contributed by atoms with Crippen LogP contribution in [0.25, 0.3) is 0 Å². The van der Waals surface area contributed by atoms with Gasteiger partial charge in [-0.1, -0.05) is 19.3 Å². The molecule has 20 heavy (non-hydrogen) atoms. The Kier molecular flexibility index (Phi) is 3.64. The summed E-state index contributed by atoms with van der Waals surface area (Å²) in [6.07, 6.45) is 11.6. The van der Waals surface area contributed by atoms with Crippen molar-refractivity contribution in [2.45, 2.75) is 44.9 Å². The highest BCUT2D eigenvalue weighted by molar-refractivity contribution is 5.93. The Labute approximate surface area is 120 Å². The molecular weight excluding hydrogens is 248 g/mol. The zero-order valence-electron chi connectivity index (χ0n) is 12.1. The largest absolute Gasteiger partial charge is 0.382 e. The van der Waals surface area contributed by atoms with Gasteiger partial charge in [0.1, 0.15) is 11.5 Å². The molecule has 3 N–H and O–H groups in total. The van der Waals surface area contributed by atoms with Gasteiger partial charge in [0.25, 0.3) is 0 Å². The van der Waals surface area contributed by atoms with Gasteiger partial charge in [-0.2, -0.15) is 0 Å². The molecule has 2 heterocycles. The lowest BCUT2D eigenvalue weighted by molar-refractivity contribution is 0.144. The molecule has 1 saturated heterocycles. The molecule has 1 aliphatic carbocycles. The van der Waals surface area contributed by atoms with Gasteiger partial charge in [-0.3, -0.25) is 10.4 Å². The first-order chi connectivity index (χ1) is 9.69. The average molecular weight is 272 g/mol. The Morgan fingerprint density at radius 2 is 1.80 bits per heavy atom. The SMILES string of the molecule is N=C(N)c1ccc(N2CCC3(CCCCC3)CC2)cn1. The summed E-state index contributed by atoms with van der Waals surface area (Å²) < 4.78 is 0. The van der Waals surface area contributed by atoms with E-state index in [1.54, 1.807) is 0 Å². The monoisotopic (exact) mass is 272 g/mol. The van der Waals surface area contributed by atoms with Crippen LogP contribution < -0.4 is 10.6 Å². The van der Waals surface area contributed by atoms with Crippen LogP contribution in [0.2, 0.25) is 0 Å². The Morgan fingerprint density at radius 3 is 2.35 bits per heavy atom. The second-order valence-corrected chi connectivity index (χ2v) is 6.36. The van der Waals surface area contributed by atoms with Gasteiger partial charge in [-0.15, -0.1) is 0 Å². The van der Waals surface area contributed by atoms with E-state index in [0.717, 1.165) is 13.1 Å². The molecule has 2 fully saturated rings. The fourth-order valence-electron chi connectivity index (χ4n) is 3.77. The number of hydrogen-bond acceptors (Lipinski definition) is 3. The highest BCUT2D eigenvalue weighted by atomic mass is 15.1. The van der Waals surface area contributed by atoms with E-state index in [2.05, 4.69) is 9.88 Å². The Bertz CT molecular complexity index is 464. The predicted molar refractivity (Wildman–Crippen MR) is 82.2 cm³/mol. The van der Waals surface area contributed by atoms with E-state index >= 15 is 0 Å². The molecule has 0 amide bonds. The van der Waals surface area contributed by atoms with E-state index in [0.29, 0.717) is 11.1 Å². The van der Waals surface area contributed by atoms with Crippen molar-refractivity contribution < 1.29 is 0 Å². The van der Waals surface area contributed by atoms with Crippen molar-refractivity contribution in [3.8, 4) is 0 Å². The Hall–Kier alpha value is -1.58. The van der Waals surface area contributed by atoms with Crippen molar-refractivity contribution in [3.63, 3.8) is 0 Å². The van der Waals surface area contributed by atoms with E-state index in [4.69, 9.17) is 11.1 Å². The third-order valence-corrected chi connectivity index (χ3v) is 5.13. The number of piperidine rings is 1. The van der Waals surface area contributed by atoms with Gasteiger partial charge < -0.3 is 10.6 Å². The van der Waals surface area contributed by atoms with Gasteiger partial charge in [0.2, 0.25) is 0 Å². The summed E-state index contributed by atoms with van der Waals surface area (Å²) in [6.45, 7) is 2.28. The first kappa shape index (κ1) is 13.4. The standard InChI is InChI=1S/C16H24N4/c17-15(18)14-5-4-13(12-19-14)20-10-8-16(9-11-20)6-2-1-3-7-16/h4-5,12H,1-3,6-11H2,(H3,17,18). The van der Waals surface area contributed by atoms with Crippen molar-refractivity contribution in [2.24, 2.45) is 11.1 Å². The topological polar surface area (TPSA) is 66.0 Å². The summed E-state index contributed by atoms with van der Waals surface area (Å²) in [5.74, 6) is 0.0383. The Balaban J connectivity index is 1.64. The van der Waals surface area contributed by atoms with Gasteiger partial charge in [-0.05, 0) is 43.2 Å². The lowest BCUT2D eigenvalue weighted by Gasteiger charge is -2.45. The molecule has 0 bridgehead atoms. The molecule has 0 unspecified atom stereocenters. The molecule has 1 aliphatic heterocycles. The van der Waals surface area contributed by atoms with Crippen LogP contribution in [0.5, 0.6) is 0 Å². The van der Waals surface area contributed by atoms with Crippen LogP contribution in [-0.2, 0) is 0 Å². The van der Waals surface area contributed by atoms with E-state index in [9.17, 15) is 0 Å². The molecule has 1 saturated carbocycles. The zero-order chi connectivity index (χ0) is 14.0. The number of anilines is 1. The first-order valence-corrected chi connectivity index (χ1v) is 7.74. The molecule has 1 spiro atoms. The summed E-state index contributed by atoms with van der Waals surface area (Å²) in [5, 5.41) is 7.38. The predicted octanol–water partition coefficient (Wildman–Crippen LogP) is 2.92. The minimum atomic E-state index is 0.0383. The van der Waals surface area contributed by atoms with Gasteiger partial charge in [-0.25, -0.2) is 0 Å². The number of aromatic nitrogens is 1. The van der Waals surface area contributed by atoms with Crippen LogP contribution in [0.4, 0.5) is 5.69 Å². The fourth-order valence-corrected chi connectivity index (χ4v) is 3.77. The molecule has 1 aromatic rings. The highest BCUT2D eigenvalue weighted by Gasteiger charge is 2.35. The molecule has 0 radical (unpaired) electrons. The molecule has 4 heteroatoms. The minimum absolute atomic E-state index is 0.0383. The van der Waals surface area contributed by atoms with E-state index < -0.39 is 0 Å². The van der Waals surface area contributed by atoms with E-state index in [-0.39, 0.29) is 5.84 Å². The second kappa shape index (κ2) is 5.43. The lowest BCUT2D eigenvalue weighted by Crippen LogP contribution is -2.41. The number of amidine groups is 1. The van der Waals surface area contributed by atoms with Gasteiger partial charge in [0.05, 0.1) is 11.9 Å². The number of hydrogen-bond donors (Lipinski definition) is 2. The van der Waals surface area contributed by atoms with Crippen LogP contribution in [0.1, 0.15) is 50.6 Å². The van der Waals surface area contributed by atoms with E-state index in [1.165, 1.54) is 50.6 Å². The number of nitrogens with zero attached hydrogens (tertiary/aromatic N) is 2. The van der Waals surface area contributed by atoms with Gasteiger partial charge in [0, 0.05) is 13.1 Å². The summed E-state index contributed by atoms with van der Waals surface area (Å²) in [4.78, 5) is 6.69. The zero-order valence-corrected chi connectivity index (χ0v) is 12.1. The normalized spacial score (nSPS) is 21.9. The van der Waals surface area contributed by atoms with Crippen LogP contribution in [-0.4, -0.2) is 23.9 Å². The van der Waals surface area contributed by atoms with Crippen LogP contribution in [0.3, 0.4) is 0 Å². The van der Waals surface area contributed by atoms with Crippen LogP contribution >= 0.6 is 0 Å². The molecular formula is C16H24N4. The second-order valence-electron chi connectivity index (χ2n) is 6.36. The van der Waals surface area contributed by atoms with Crippen molar-refractivity contribution in [1.82, 2.24) is 4.98 Å². The highest BCUT2D eigenvalue weighted by Crippen LogP contribution is 2.45. The molecule has 108 valence electrons. The molecule has 0 aromatic carbocycles. The number of nitrogens with one attached hydrogen (secondary N) is 1. The summed E-state index contributed by atoms with van der Waals surface area (Å²) in [6, 6.07) is 3.89. The van der Waals surface area contributed by atoms with Gasteiger partial charge in [0.15, 0.2) is 0 Å². The third-order valence-electron chi connectivity index (χ3n) is 5.13. The quantitative estimate of drug-likeness (QED) is 0.642. The Morgan fingerprint density at radius 1 is 1.10 bits per heavy atom. The molecule has 4 nitrogen and oxygen atoms in total. The summed E-state index contributed by atoms with van der Waals surface area (Å²) >= 11 is 0. The maximum absolute atomic E-state index is 7.38. The molecule has 1 aromatic heterocycles. The van der Waals surface area contributed by atoms with Crippen molar-refractivity contribution >= 4 is 11.5 Å². The van der Waals surface area contributed by atoms with Crippen molar-refractivity contribution in [1.29, 1.82) is 5.41 Å². The molecule has 2 aliphatic rings. The average Bonchev–Trinajstić information content (AvgIpc) is 2.49.